The van der Waals surface area contributed by atoms with Crippen molar-refractivity contribution in [3.05, 3.63) is 75.4 Å². The number of carbonyl (C=O) groups is 1. The van der Waals surface area contributed by atoms with Crippen LogP contribution in [-0.2, 0) is 4.79 Å². The van der Waals surface area contributed by atoms with Crippen LogP contribution in [0.25, 0.3) is 17.4 Å². The highest BCUT2D eigenvalue weighted by Gasteiger charge is 2.18. The smallest absolute Gasteiger partial charge is 0.248 e. The van der Waals surface area contributed by atoms with Crippen LogP contribution in [0.4, 0.5) is 11.4 Å². The number of amides is 1. The van der Waals surface area contributed by atoms with E-state index in [0.29, 0.717) is 32.3 Å². The molecule has 5 nitrogen and oxygen atoms in total. The molecule has 0 radical (unpaired) electrons. The zero-order valence-corrected chi connectivity index (χ0v) is 20.4. The van der Waals surface area contributed by atoms with Crippen molar-refractivity contribution >= 4 is 58.2 Å². The van der Waals surface area contributed by atoms with Crippen molar-refractivity contribution in [2.45, 2.75) is 6.92 Å². The molecule has 0 aliphatic carbocycles. The normalized spacial score (nSPS) is 14.7. The molecule has 33 heavy (non-hydrogen) atoms. The zero-order chi connectivity index (χ0) is 23.4. The van der Waals surface area contributed by atoms with Crippen molar-refractivity contribution in [2.75, 3.05) is 42.9 Å². The number of furan rings is 1. The second-order valence-electron chi connectivity index (χ2n) is 7.77. The van der Waals surface area contributed by atoms with Gasteiger partial charge in [0.05, 0.1) is 10.7 Å². The van der Waals surface area contributed by atoms with E-state index in [0.717, 1.165) is 44.0 Å². The first-order valence-corrected chi connectivity index (χ1v) is 11.9. The van der Waals surface area contributed by atoms with Crippen LogP contribution in [0.1, 0.15) is 12.7 Å². The monoisotopic (exact) mass is 503 g/mol. The highest BCUT2D eigenvalue weighted by Crippen LogP contribution is 2.30. The predicted octanol–water partition coefficient (Wildman–Crippen LogP) is 6.70. The lowest BCUT2D eigenvalue weighted by Gasteiger charge is -2.36. The van der Waals surface area contributed by atoms with E-state index in [2.05, 4.69) is 22.0 Å². The molecule has 8 heteroatoms. The van der Waals surface area contributed by atoms with Crippen LogP contribution in [0.3, 0.4) is 0 Å². The maximum Gasteiger partial charge on any atom is 0.248 e. The topological polar surface area (TPSA) is 48.7 Å². The maximum atomic E-state index is 12.4. The van der Waals surface area contributed by atoms with Gasteiger partial charge in [-0.05, 0) is 61.2 Å². The van der Waals surface area contributed by atoms with E-state index in [-0.39, 0.29) is 5.91 Å². The highest BCUT2D eigenvalue weighted by atomic mass is 35.5. The molecule has 1 N–H and O–H groups in total. The van der Waals surface area contributed by atoms with Crippen molar-refractivity contribution in [3.63, 3.8) is 0 Å². The number of hydrogen-bond donors (Lipinski definition) is 1. The zero-order valence-electron chi connectivity index (χ0n) is 18.2. The number of nitrogens with one attached hydrogen (secondary N) is 1. The van der Waals surface area contributed by atoms with Crippen LogP contribution in [0.2, 0.25) is 15.1 Å². The molecular weight excluding hydrogens is 481 g/mol. The Labute approximate surface area is 208 Å². The Kier molecular flexibility index (Phi) is 7.66. The SMILES string of the molecule is CCN1CCN(c2ccc(NC(=O)/C=C/c3ccc(-c4cc(Cl)cc(Cl)c4)o3)cc2Cl)CC1. The number of anilines is 2. The molecular formula is C25H24Cl3N3O2. The molecule has 0 spiro atoms. The number of carbonyl (C=O) groups excluding carboxylic acids is 1. The van der Waals surface area contributed by atoms with Crippen molar-refractivity contribution in [3.8, 4) is 11.3 Å². The number of piperazine rings is 1. The summed E-state index contributed by atoms with van der Waals surface area (Å²) in [5.74, 6) is 0.872. The van der Waals surface area contributed by atoms with E-state index >= 15 is 0 Å². The molecule has 0 atom stereocenters. The Morgan fingerprint density at radius 1 is 1.00 bits per heavy atom. The number of rotatable bonds is 6. The van der Waals surface area contributed by atoms with Crippen LogP contribution in [-0.4, -0.2) is 43.5 Å². The summed E-state index contributed by atoms with van der Waals surface area (Å²) < 4.78 is 5.78. The Balaban J connectivity index is 1.37. The minimum atomic E-state index is -0.279. The van der Waals surface area contributed by atoms with Crippen LogP contribution in [0.5, 0.6) is 0 Å². The minimum absolute atomic E-state index is 0.279. The van der Waals surface area contributed by atoms with Crippen molar-refractivity contribution in [1.82, 2.24) is 4.90 Å². The quantitative estimate of drug-likeness (QED) is 0.379. The summed E-state index contributed by atoms with van der Waals surface area (Å²) in [4.78, 5) is 17.1. The standard InChI is InChI=1S/C25H24Cl3N3O2/c1-2-30-9-11-31(12-10-30)23-6-3-20(16-22(23)28)29-25(32)8-5-21-4-7-24(33-21)17-13-18(26)15-19(27)14-17/h3-8,13-16H,2,9-12H2,1H3,(H,29,32)/b8-5+. The summed E-state index contributed by atoms with van der Waals surface area (Å²) in [6.45, 7) is 7.16. The van der Waals surface area contributed by atoms with Gasteiger partial charge in [0.15, 0.2) is 0 Å². The van der Waals surface area contributed by atoms with Gasteiger partial charge in [-0.15, -0.1) is 0 Å². The number of nitrogens with zero attached hydrogens (tertiary/aromatic N) is 2. The molecule has 0 unspecified atom stereocenters. The second kappa shape index (κ2) is 10.7. The summed E-state index contributed by atoms with van der Waals surface area (Å²) in [6, 6.07) is 14.4. The van der Waals surface area contributed by atoms with E-state index in [1.54, 1.807) is 42.5 Å². The third-order valence-electron chi connectivity index (χ3n) is 5.55. The summed E-state index contributed by atoms with van der Waals surface area (Å²) in [6.07, 6.45) is 3.02. The first kappa shape index (κ1) is 23.7. The summed E-state index contributed by atoms with van der Waals surface area (Å²) in [5.41, 5.74) is 2.40. The Morgan fingerprint density at radius 2 is 1.73 bits per heavy atom. The minimum Gasteiger partial charge on any atom is -0.457 e. The van der Waals surface area contributed by atoms with Gasteiger partial charge in [-0.25, -0.2) is 0 Å². The van der Waals surface area contributed by atoms with Gasteiger partial charge in [0, 0.05) is 53.6 Å². The molecule has 2 heterocycles. The van der Waals surface area contributed by atoms with Gasteiger partial charge in [0.2, 0.25) is 5.91 Å². The number of hydrogen-bond acceptors (Lipinski definition) is 4. The molecule has 172 valence electrons. The third-order valence-corrected chi connectivity index (χ3v) is 6.29. The fraction of sp³-hybridized carbons (Fsp3) is 0.240. The van der Waals surface area contributed by atoms with E-state index in [9.17, 15) is 4.79 Å². The molecule has 0 saturated carbocycles. The summed E-state index contributed by atoms with van der Waals surface area (Å²) >= 11 is 18.6. The summed E-state index contributed by atoms with van der Waals surface area (Å²) in [5, 5.41) is 4.51. The molecule has 2 aromatic carbocycles. The van der Waals surface area contributed by atoms with Gasteiger partial charge in [-0.2, -0.15) is 0 Å². The molecule has 3 aromatic rings. The molecule has 0 bridgehead atoms. The van der Waals surface area contributed by atoms with Crippen molar-refractivity contribution in [2.24, 2.45) is 0 Å². The Morgan fingerprint density at radius 3 is 2.39 bits per heavy atom. The third kappa shape index (κ3) is 6.12. The summed E-state index contributed by atoms with van der Waals surface area (Å²) in [7, 11) is 0. The average Bonchev–Trinajstić information content (AvgIpc) is 3.27. The first-order valence-electron chi connectivity index (χ1n) is 10.7. The molecule has 1 aliphatic rings. The van der Waals surface area contributed by atoms with Crippen LogP contribution in [0.15, 0.2) is 59.0 Å². The first-order chi connectivity index (χ1) is 15.9. The Hall–Kier alpha value is -2.44. The predicted molar refractivity (Wildman–Crippen MR) is 138 cm³/mol. The molecule has 1 aromatic heterocycles. The molecule has 1 aliphatic heterocycles. The van der Waals surface area contributed by atoms with E-state index in [1.165, 1.54) is 6.08 Å². The Bertz CT molecular complexity index is 1150. The van der Waals surface area contributed by atoms with Crippen molar-refractivity contribution < 1.29 is 9.21 Å². The molecule has 1 amide bonds. The van der Waals surface area contributed by atoms with Gasteiger partial charge in [-0.1, -0.05) is 41.7 Å². The second-order valence-corrected chi connectivity index (χ2v) is 9.05. The maximum absolute atomic E-state index is 12.4. The van der Waals surface area contributed by atoms with E-state index < -0.39 is 0 Å². The molecule has 4 rings (SSSR count). The van der Waals surface area contributed by atoms with Gasteiger partial charge < -0.3 is 19.5 Å². The number of likely N-dealkylation sites (N-methyl/N-ethyl adjacent to an activating group) is 1. The molecule has 1 saturated heterocycles. The lowest BCUT2D eigenvalue weighted by Crippen LogP contribution is -2.46. The van der Waals surface area contributed by atoms with Crippen LogP contribution in [0, 0.1) is 0 Å². The van der Waals surface area contributed by atoms with Gasteiger partial charge >= 0.3 is 0 Å². The van der Waals surface area contributed by atoms with E-state index in [1.807, 2.05) is 12.1 Å². The molecule has 1 fully saturated rings. The fourth-order valence-electron chi connectivity index (χ4n) is 3.78. The van der Waals surface area contributed by atoms with Crippen molar-refractivity contribution in [1.29, 1.82) is 0 Å². The lowest BCUT2D eigenvalue weighted by molar-refractivity contribution is -0.111. The lowest BCUT2D eigenvalue weighted by atomic mass is 10.2. The van der Waals surface area contributed by atoms with Gasteiger partial charge in [0.25, 0.3) is 0 Å². The van der Waals surface area contributed by atoms with Crippen LogP contribution < -0.4 is 10.2 Å². The fourth-order valence-corrected chi connectivity index (χ4v) is 4.61. The largest absolute Gasteiger partial charge is 0.457 e. The van der Waals surface area contributed by atoms with E-state index in [4.69, 9.17) is 39.2 Å². The highest BCUT2D eigenvalue weighted by molar-refractivity contribution is 6.35. The average molecular weight is 505 g/mol. The number of benzene rings is 2. The van der Waals surface area contributed by atoms with Gasteiger partial charge in [-0.3, -0.25) is 4.79 Å². The number of halogens is 3. The van der Waals surface area contributed by atoms with Gasteiger partial charge in [0.1, 0.15) is 11.5 Å². The van der Waals surface area contributed by atoms with Crippen LogP contribution >= 0.6 is 34.8 Å².